The van der Waals surface area contributed by atoms with Gasteiger partial charge in [0.15, 0.2) is 0 Å². The Kier molecular flexibility index (Phi) is 2.87. The minimum Gasteiger partial charge on any atom is -0.460 e. The lowest BCUT2D eigenvalue weighted by atomic mass is 9.82. The molecular formula is C20H22O2. The van der Waals surface area contributed by atoms with Crippen molar-refractivity contribution in [3.05, 3.63) is 47.5 Å². The maximum Gasteiger partial charge on any atom is 0.310 e. The molecule has 1 unspecified atom stereocenters. The van der Waals surface area contributed by atoms with Gasteiger partial charge in [0.1, 0.15) is 5.60 Å². The zero-order chi connectivity index (χ0) is 15.5. The molecule has 4 rings (SSSR count). The molecule has 3 atom stereocenters. The Labute approximate surface area is 131 Å². The summed E-state index contributed by atoms with van der Waals surface area (Å²) in [6.45, 7) is 5.83. The number of rotatable bonds is 1. The monoisotopic (exact) mass is 294 g/mol. The van der Waals surface area contributed by atoms with Crippen molar-refractivity contribution in [2.75, 3.05) is 0 Å². The molecule has 2 heteroatoms. The lowest BCUT2D eigenvalue weighted by Crippen LogP contribution is -2.30. The van der Waals surface area contributed by atoms with Gasteiger partial charge in [0.2, 0.25) is 0 Å². The first-order chi connectivity index (χ1) is 10.4. The third-order valence-electron chi connectivity index (χ3n) is 5.06. The number of carbonyl (C=O) groups is 1. The van der Waals surface area contributed by atoms with Crippen molar-refractivity contribution < 1.29 is 9.53 Å². The highest BCUT2D eigenvalue weighted by molar-refractivity contribution is 5.86. The lowest BCUT2D eigenvalue weighted by Gasteiger charge is -2.27. The van der Waals surface area contributed by atoms with Crippen LogP contribution in [0.5, 0.6) is 0 Å². The van der Waals surface area contributed by atoms with Crippen LogP contribution in [0.15, 0.2) is 36.4 Å². The Bertz CT molecular complexity index is 754. The predicted molar refractivity (Wildman–Crippen MR) is 88.0 cm³/mol. The lowest BCUT2D eigenvalue weighted by molar-refractivity contribution is -0.160. The van der Waals surface area contributed by atoms with Gasteiger partial charge >= 0.3 is 5.97 Å². The maximum atomic E-state index is 12.5. The molecule has 0 heterocycles. The molecule has 2 aliphatic rings. The number of hydrogen-bond donors (Lipinski definition) is 0. The van der Waals surface area contributed by atoms with Crippen LogP contribution >= 0.6 is 0 Å². The smallest absolute Gasteiger partial charge is 0.310 e. The highest BCUT2D eigenvalue weighted by Gasteiger charge is 2.48. The van der Waals surface area contributed by atoms with Gasteiger partial charge < -0.3 is 4.74 Å². The molecule has 0 spiro atoms. The van der Waals surface area contributed by atoms with E-state index in [1.54, 1.807) is 0 Å². The Morgan fingerprint density at radius 2 is 1.68 bits per heavy atom. The standard InChI is InChI=1S/C20H22O2/c1-20(2,3)22-19(21)18-11-14-10-17(18)16-9-13-7-5-4-6-12(13)8-15(14)16/h4-9,14,17-18H,10-11H2,1-3H3/t14-,17-,18?/m1/s1. The number of fused-ring (bicyclic) bond motifs is 6. The van der Waals surface area contributed by atoms with Gasteiger partial charge in [-0.2, -0.15) is 0 Å². The number of benzene rings is 2. The van der Waals surface area contributed by atoms with E-state index < -0.39 is 5.60 Å². The van der Waals surface area contributed by atoms with Crippen molar-refractivity contribution in [3.63, 3.8) is 0 Å². The molecule has 2 aromatic rings. The minimum absolute atomic E-state index is 0.0150. The molecule has 2 aromatic carbocycles. The second-order valence-corrected chi connectivity index (χ2v) is 7.74. The Balaban J connectivity index is 1.69. The van der Waals surface area contributed by atoms with Crippen LogP contribution in [0.25, 0.3) is 10.8 Å². The fourth-order valence-corrected chi connectivity index (χ4v) is 4.22. The number of hydrogen-bond acceptors (Lipinski definition) is 2. The molecule has 1 saturated carbocycles. The molecule has 0 aromatic heterocycles. The number of ether oxygens (including phenoxy) is 1. The minimum atomic E-state index is -0.398. The summed E-state index contributed by atoms with van der Waals surface area (Å²) in [5.41, 5.74) is 2.44. The molecule has 22 heavy (non-hydrogen) atoms. The zero-order valence-electron chi connectivity index (χ0n) is 13.4. The molecule has 2 nitrogen and oxygen atoms in total. The summed E-state index contributed by atoms with van der Waals surface area (Å²) in [4.78, 5) is 12.5. The number of carbonyl (C=O) groups excluding carboxylic acids is 1. The van der Waals surface area contributed by atoms with Gasteiger partial charge in [-0.15, -0.1) is 0 Å². The summed E-state index contributed by atoms with van der Waals surface area (Å²) in [7, 11) is 0. The van der Waals surface area contributed by atoms with Crippen molar-refractivity contribution in [3.8, 4) is 0 Å². The Hall–Kier alpha value is -1.83. The van der Waals surface area contributed by atoms with Crippen molar-refractivity contribution in [1.29, 1.82) is 0 Å². The first-order valence-electron chi connectivity index (χ1n) is 8.18. The SMILES string of the molecule is CC(C)(C)OC(=O)C1C[C@H]2C[C@@H]1c1cc3ccccc3cc12. The Morgan fingerprint density at radius 1 is 1.05 bits per heavy atom. The summed E-state index contributed by atoms with van der Waals surface area (Å²) in [6.07, 6.45) is 2.06. The summed E-state index contributed by atoms with van der Waals surface area (Å²) < 4.78 is 5.64. The first-order valence-corrected chi connectivity index (χ1v) is 8.18. The molecule has 0 radical (unpaired) electrons. The van der Waals surface area contributed by atoms with Crippen molar-refractivity contribution in [2.45, 2.75) is 51.0 Å². The third kappa shape index (κ3) is 2.13. The topological polar surface area (TPSA) is 26.3 Å². The summed E-state index contributed by atoms with van der Waals surface area (Å²) in [6, 6.07) is 13.1. The molecule has 2 aliphatic carbocycles. The van der Waals surface area contributed by atoms with Crippen LogP contribution in [0.4, 0.5) is 0 Å². The molecular weight excluding hydrogens is 272 g/mol. The van der Waals surface area contributed by atoms with Crippen LogP contribution in [0.1, 0.15) is 56.6 Å². The molecule has 0 N–H and O–H groups in total. The van der Waals surface area contributed by atoms with Crippen molar-refractivity contribution >= 4 is 16.7 Å². The van der Waals surface area contributed by atoms with E-state index in [1.807, 2.05) is 20.8 Å². The highest BCUT2D eigenvalue weighted by atomic mass is 16.6. The van der Waals surface area contributed by atoms with Gasteiger partial charge in [0.05, 0.1) is 5.92 Å². The van der Waals surface area contributed by atoms with E-state index >= 15 is 0 Å². The van der Waals surface area contributed by atoms with E-state index in [1.165, 1.54) is 21.9 Å². The van der Waals surface area contributed by atoms with Gasteiger partial charge in [-0.3, -0.25) is 4.79 Å². The number of esters is 1. The van der Waals surface area contributed by atoms with Crippen LogP contribution in [-0.4, -0.2) is 11.6 Å². The van der Waals surface area contributed by atoms with E-state index in [-0.39, 0.29) is 11.9 Å². The Morgan fingerprint density at radius 3 is 2.32 bits per heavy atom. The summed E-state index contributed by atoms with van der Waals surface area (Å²) in [5.74, 6) is 0.901. The molecule has 0 aliphatic heterocycles. The first kappa shape index (κ1) is 13.8. The van der Waals surface area contributed by atoms with Crippen LogP contribution in [0.2, 0.25) is 0 Å². The van der Waals surface area contributed by atoms with Crippen LogP contribution in [0, 0.1) is 5.92 Å². The van der Waals surface area contributed by atoms with E-state index in [0.29, 0.717) is 11.8 Å². The van der Waals surface area contributed by atoms with Crippen molar-refractivity contribution in [2.24, 2.45) is 5.92 Å². The highest BCUT2D eigenvalue weighted by Crippen LogP contribution is 2.57. The summed E-state index contributed by atoms with van der Waals surface area (Å²) >= 11 is 0. The van der Waals surface area contributed by atoms with Gasteiger partial charge in [-0.05, 0) is 67.3 Å². The average Bonchev–Trinajstić information content (AvgIpc) is 3.02. The molecule has 2 bridgehead atoms. The zero-order valence-corrected chi connectivity index (χ0v) is 13.4. The van der Waals surface area contributed by atoms with Crippen LogP contribution < -0.4 is 0 Å². The van der Waals surface area contributed by atoms with E-state index in [4.69, 9.17) is 4.74 Å². The normalized spacial score (nSPS) is 26.2. The van der Waals surface area contributed by atoms with Crippen LogP contribution in [0.3, 0.4) is 0 Å². The van der Waals surface area contributed by atoms with Gasteiger partial charge in [0.25, 0.3) is 0 Å². The summed E-state index contributed by atoms with van der Waals surface area (Å²) in [5, 5.41) is 2.58. The molecule has 0 saturated heterocycles. The van der Waals surface area contributed by atoms with Gasteiger partial charge in [-0.25, -0.2) is 0 Å². The van der Waals surface area contributed by atoms with Gasteiger partial charge in [0, 0.05) is 0 Å². The second-order valence-electron chi connectivity index (χ2n) is 7.74. The van der Waals surface area contributed by atoms with Gasteiger partial charge in [-0.1, -0.05) is 36.4 Å². The fourth-order valence-electron chi connectivity index (χ4n) is 4.22. The second kappa shape index (κ2) is 4.58. The van der Waals surface area contributed by atoms with Crippen LogP contribution in [-0.2, 0) is 9.53 Å². The van der Waals surface area contributed by atoms with Crippen molar-refractivity contribution in [1.82, 2.24) is 0 Å². The van der Waals surface area contributed by atoms with E-state index in [2.05, 4.69) is 36.4 Å². The molecule has 1 fully saturated rings. The maximum absolute atomic E-state index is 12.5. The third-order valence-corrected chi connectivity index (χ3v) is 5.06. The molecule has 0 amide bonds. The molecule has 114 valence electrons. The largest absolute Gasteiger partial charge is 0.460 e. The van der Waals surface area contributed by atoms with E-state index in [0.717, 1.165) is 12.8 Å². The fraction of sp³-hybridized carbons (Fsp3) is 0.450. The predicted octanol–water partition coefficient (Wildman–Crippen LogP) is 4.77. The quantitative estimate of drug-likeness (QED) is 0.708. The van der Waals surface area contributed by atoms with E-state index in [9.17, 15) is 4.79 Å². The average molecular weight is 294 g/mol.